The summed E-state index contributed by atoms with van der Waals surface area (Å²) >= 11 is 0. The van der Waals surface area contributed by atoms with Crippen molar-refractivity contribution in [2.45, 2.75) is 13.0 Å². The third kappa shape index (κ3) is 1.32. The second-order valence-corrected chi connectivity index (χ2v) is 3.42. The van der Waals surface area contributed by atoms with Gasteiger partial charge in [-0.15, -0.1) is 0 Å². The van der Waals surface area contributed by atoms with E-state index in [9.17, 15) is 9.90 Å². The van der Waals surface area contributed by atoms with Crippen molar-refractivity contribution >= 4 is 5.97 Å². The van der Waals surface area contributed by atoms with Crippen LogP contribution in [-0.2, 0) is 14.3 Å². The van der Waals surface area contributed by atoms with Crippen LogP contribution in [0.1, 0.15) is 6.92 Å². The molecule has 0 unspecified atom stereocenters. The van der Waals surface area contributed by atoms with Crippen LogP contribution in [0, 0.1) is 5.92 Å². The lowest BCUT2D eigenvalue weighted by Gasteiger charge is -2.31. The summed E-state index contributed by atoms with van der Waals surface area (Å²) in [7, 11) is 0. The molecule has 2 aliphatic rings. The van der Waals surface area contributed by atoms with Gasteiger partial charge in [0, 0.05) is 5.92 Å². The van der Waals surface area contributed by atoms with Gasteiger partial charge in [0.1, 0.15) is 12.7 Å². The fourth-order valence-electron chi connectivity index (χ4n) is 1.75. The van der Waals surface area contributed by atoms with Gasteiger partial charge >= 0.3 is 5.97 Å². The van der Waals surface area contributed by atoms with Crippen LogP contribution < -0.4 is 0 Å². The van der Waals surface area contributed by atoms with Crippen LogP contribution >= 0.6 is 0 Å². The Kier molecular flexibility index (Phi) is 2.29. The summed E-state index contributed by atoms with van der Waals surface area (Å²) in [6.07, 6.45) is 3.15. The average Bonchev–Trinajstić information content (AvgIpc) is 2.18. The number of esters is 1. The van der Waals surface area contributed by atoms with Crippen LogP contribution in [0.5, 0.6) is 0 Å². The van der Waals surface area contributed by atoms with Crippen molar-refractivity contribution in [3.8, 4) is 0 Å². The van der Waals surface area contributed by atoms with E-state index in [4.69, 9.17) is 9.47 Å². The molecule has 14 heavy (non-hydrogen) atoms. The molecular weight excluding hydrogens is 184 g/mol. The van der Waals surface area contributed by atoms with Gasteiger partial charge in [0.05, 0.1) is 18.4 Å². The summed E-state index contributed by atoms with van der Waals surface area (Å²) in [6, 6.07) is 0. The minimum atomic E-state index is -0.368. The lowest BCUT2D eigenvalue weighted by atomic mass is 9.86. The number of fused-ring (bicyclic) bond motifs is 1. The Morgan fingerprint density at radius 2 is 2.43 bits per heavy atom. The highest BCUT2D eigenvalue weighted by Crippen LogP contribution is 2.32. The van der Waals surface area contributed by atoms with Gasteiger partial charge in [-0.1, -0.05) is 0 Å². The maximum atomic E-state index is 11.3. The van der Waals surface area contributed by atoms with E-state index in [0.717, 1.165) is 5.57 Å². The lowest BCUT2D eigenvalue weighted by molar-refractivity contribution is -0.139. The zero-order valence-corrected chi connectivity index (χ0v) is 7.90. The second kappa shape index (κ2) is 3.46. The zero-order valence-electron chi connectivity index (χ0n) is 7.90. The van der Waals surface area contributed by atoms with Crippen LogP contribution in [0.4, 0.5) is 0 Å². The SMILES string of the molecule is C[C@H]1OC=C2C(=O)OCC=C2[C@H]1CO. The fourth-order valence-corrected chi connectivity index (χ4v) is 1.75. The van der Waals surface area contributed by atoms with Gasteiger partial charge in [-0.2, -0.15) is 0 Å². The van der Waals surface area contributed by atoms with Gasteiger partial charge in [0.15, 0.2) is 0 Å². The molecule has 0 saturated carbocycles. The Bertz CT molecular complexity index is 316. The van der Waals surface area contributed by atoms with Crippen molar-refractivity contribution in [2.75, 3.05) is 13.2 Å². The van der Waals surface area contributed by atoms with Crippen molar-refractivity contribution in [3.05, 3.63) is 23.5 Å². The van der Waals surface area contributed by atoms with E-state index in [1.807, 2.05) is 13.0 Å². The second-order valence-electron chi connectivity index (χ2n) is 3.42. The smallest absolute Gasteiger partial charge is 0.341 e. The van der Waals surface area contributed by atoms with Gasteiger partial charge in [0.2, 0.25) is 0 Å². The molecule has 0 radical (unpaired) electrons. The molecule has 0 amide bonds. The Morgan fingerprint density at radius 3 is 3.14 bits per heavy atom. The minimum Gasteiger partial charge on any atom is -0.497 e. The molecule has 4 heteroatoms. The number of rotatable bonds is 1. The largest absolute Gasteiger partial charge is 0.497 e. The van der Waals surface area contributed by atoms with Crippen molar-refractivity contribution in [1.29, 1.82) is 0 Å². The van der Waals surface area contributed by atoms with E-state index in [2.05, 4.69) is 0 Å². The standard InChI is InChI=1S/C10H12O4/c1-6-8(4-11)7-2-3-13-10(12)9(7)5-14-6/h2,5-6,8,11H,3-4H2,1H3/t6-,8+/m1/s1. The van der Waals surface area contributed by atoms with E-state index < -0.39 is 0 Å². The molecule has 1 N–H and O–H groups in total. The Labute approximate surface area is 81.8 Å². The molecule has 4 nitrogen and oxygen atoms in total. The number of carbonyl (C=O) groups excluding carboxylic acids is 1. The van der Waals surface area contributed by atoms with Crippen LogP contribution in [0.2, 0.25) is 0 Å². The summed E-state index contributed by atoms with van der Waals surface area (Å²) in [6.45, 7) is 2.14. The van der Waals surface area contributed by atoms with Crippen LogP contribution in [-0.4, -0.2) is 30.4 Å². The summed E-state index contributed by atoms with van der Waals surface area (Å²) in [5.41, 5.74) is 1.29. The van der Waals surface area contributed by atoms with Crippen molar-refractivity contribution in [1.82, 2.24) is 0 Å². The van der Waals surface area contributed by atoms with Crippen LogP contribution in [0.25, 0.3) is 0 Å². The van der Waals surface area contributed by atoms with E-state index in [0.29, 0.717) is 5.57 Å². The molecule has 2 atom stereocenters. The molecule has 0 aliphatic carbocycles. The Balaban J connectivity index is 2.37. The van der Waals surface area contributed by atoms with Gasteiger partial charge in [0.25, 0.3) is 0 Å². The number of carbonyl (C=O) groups is 1. The van der Waals surface area contributed by atoms with Crippen molar-refractivity contribution in [3.63, 3.8) is 0 Å². The van der Waals surface area contributed by atoms with E-state index in [1.165, 1.54) is 6.26 Å². The van der Waals surface area contributed by atoms with Gasteiger partial charge < -0.3 is 14.6 Å². The predicted octanol–water partition coefficient (Wildman–Crippen LogP) is 0.381. The molecule has 0 saturated heterocycles. The zero-order chi connectivity index (χ0) is 10.1. The molecule has 0 spiro atoms. The van der Waals surface area contributed by atoms with E-state index >= 15 is 0 Å². The molecule has 2 aliphatic heterocycles. The fraction of sp³-hybridized carbons (Fsp3) is 0.500. The highest BCUT2D eigenvalue weighted by Gasteiger charge is 2.34. The number of aliphatic hydroxyl groups excluding tert-OH is 1. The first-order chi connectivity index (χ1) is 6.74. The number of hydrogen-bond acceptors (Lipinski definition) is 4. The first kappa shape index (κ1) is 9.27. The topological polar surface area (TPSA) is 55.8 Å². The van der Waals surface area contributed by atoms with Crippen molar-refractivity contribution < 1.29 is 19.4 Å². The minimum absolute atomic E-state index is 0.0163. The summed E-state index contributed by atoms with van der Waals surface area (Å²) in [4.78, 5) is 11.3. The number of hydrogen-bond donors (Lipinski definition) is 1. The molecule has 76 valence electrons. The number of cyclic esters (lactones) is 1. The Hall–Kier alpha value is -1.29. The third-order valence-electron chi connectivity index (χ3n) is 2.61. The summed E-state index contributed by atoms with van der Waals surface area (Å²) in [5.74, 6) is -0.490. The maximum absolute atomic E-state index is 11.3. The molecule has 0 fully saturated rings. The van der Waals surface area contributed by atoms with Crippen LogP contribution in [0.3, 0.4) is 0 Å². The van der Waals surface area contributed by atoms with E-state index in [1.54, 1.807) is 0 Å². The highest BCUT2D eigenvalue weighted by molar-refractivity contribution is 5.94. The Morgan fingerprint density at radius 1 is 1.64 bits per heavy atom. The van der Waals surface area contributed by atoms with Crippen molar-refractivity contribution in [2.24, 2.45) is 5.92 Å². The van der Waals surface area contributed by atoms with Gasteiger partial charge in [-0.05, 0) is 18.6 Å². The molecule has 0 bridgehead atoms. The maximum Gasteiger partial charge on any atom is 0.341 e. The summed E-state index contributed by atoms with van der Waals surface area (Å²) in [5, 5.41) is 9.19. The highest BCUT2D eigenvalue weighted by atomic mass is 16.5. The normalized spacial score (nSPS) is 30.9. The molecular formula is C10H12O4. The number of ether oxygens (including phenoxy) is 2. The van der Waals surface area contributed by atoms with Crippen LogP contribution in [0.15, 0.2) is 23.5 Å². The third-order valence-corrected chi connectivity index (χ3v) is 2.61. The molecule has 0 aromatic carbocycles. The van der Waals surface area contributed by atoms with Gasteiger partial charge in [-0.25, -0.2) is 4.79 Å². The molecule has 2 rings (SSSR count). The van der Waals surface area contributed by atoms with Gasteiger partial charge in [-0.3, -0.25) is 0 Å². The first-order valence-electron chi connectivity index (χ1n) is 4.58. The number of aliphatic hydroxyl groups is 1. The average molecular weight is 196 g/mol. The molecule has 0 aromatic heterocycles. The quantitative estimate of drug-likeness (QED) is 0.616. The van der Waals surface area contributed by atoms with E-state index in [-0.39, 0.29) is 31.2 Å². The molecule has 2 heterocycles. The monoisotopic (exact) mass is 196 g/mol. The summed E-state index contributed by atoms with van der Waals surface area (Å²) < 4.78 is 10.1. The lowest BCUT2D eigenvalue weighted by Crippen LogP contribution is -2.33. The molecule has 0 aromatic rings. The first-order valence-corrected chi connectivity index (χ1v) is 4.58. The predicted molar refractivity (Wildman–Crippen MR) is 48.2 cm³/mol.